The first kappa shape index (κ1) is 23.3. The van der Waals surface area contributed by atoms with Gasteiger partial charge in [-0.05, 0) is 47.9 Å². The number of rotatable bonds is 9. The number of carbonyl (C=O) groups is 1. The van der Waals surface area contributed by atoms with Gasteiger partial charge in [-0.1, -0.05) is 42.5 Å². The average molecular weight is 461 g/mol. The van der Waals surface area contributed by atoms with Crippen molar-refractivity contribution in [2.45, 2.75) is 25.1 Å². The molecule has 3 aromatic rings. The van der Waals surface area contributed by atoms with Crippen LogP contribution in [0.3, 0.4) is 0 Å². The molecule has 1 saturated heterocycles. The lowest BCUT2D eigenvalue weighted by Crippen LogP contribution is -2.41. The van der Waals surface area contributed by atoms with Gasteiger partial charge in [0, 0.05) is 11.6 Å². The molecule has 3 N–H and O–H groups in total. The summed E-state index contributed by atoms with van der Waals surface area (Å²) in [4.78, 5) is 12.6. The number of hydrazone groups is 1. The topological polar surface area (TPSA) is 93.2 Å². The van der Waals surface area contributed by atoms with Gasteiger partial charge in [0.05, 0.1) is 20.4 Å². The van der Waals surface area contributed by atoms with Crippen LogP contribution in [0.1, 0.15) is 29.2 Å². The molecule has 4 rings (SSSR count). The summed E-state index contributed by atoms with van der Waals surface area (Å²) in [5.74, 6) is 1.89. The monoisotopic (exact) mass is 460 g/mol. The Morgan fingerprint density at radius 2 is 1.76 bits per heavy atom. The highest BCUT2D eigenvalue weighted by atomic mass is 16.5. The van der Waals surface area contributed by atoms with E-state index in [4.69, 9.17) is 14.2 Å². The number of amides is 1. The highest BCUT2D eigenvalue weighted by Gasteiger charge is 2.30. The van der Waals surface area contributed by atoms with Gasteiger partial charge in [0.25, 0.3) is 5.91 Å². The van der Waals surface area contributed by atoms with Crippen LogP contribution < -0.4 is 30.5 Å². The van der Waals surface area contributed by atoms with Crippen molar-refractivity contribution in [1.29, 1.82) is 0 Å². The minimum atomic E-state index is -0.414. The van der Waals surface area contributed by atoms with Crippen LogP contribution >= 0.6 is 0 Å². The SMILES string of the molecule is COc1ccc(OC)c(/C=N/NC(=O)C2CC(c3ccc(OCc4ccccc4)cc3)NN2)c1. The Morgan fingerprint density at radius 1 is 1.00 bits per heavy atom. The minimum absolute atomic E-state index is 0.00128. The van der Waals surface area contributed by atoms with Crippen LogP contribution in [-0.2, 0) is 11.4 Å². The van der Waals surface area contributed by atoms with E-state index < -0.39 is 6.04 Å². The molecule has 1 heterocycles. The molecule has 0 aromatic heterocycles. The first-order chi connectivity index (χ1) is 16.7. The Hall–Kier alpha value is -3.88. The maximum absolute atomic E-state index is 12.6. The molecule has 0 aliphatic carbocycles. The number of hydrogen-bond donors (Lipinski definition) is 3. The third-order valence-electron chi connectivity index (χ3n) is 5.57. The molecule has 0 radical (unpaired) electrons. The lowest BCUT2D eigenvalue weighted by atomic mass is 10.0. The quantitative estimate of drug-likeness (QED) is 0.335. The van der Waals surface area contributed by atoms with Crippen LogP contribution in [-0.4, -0.2) is 32.4 Å². The van der Waals surface area contributed by atoms with Crippen LogP contribution in [0.5, 0.6) is 17.2 Å². The van der Waals surface area contributed by atoms with Gasteiger partial charge in [-0.15, -0.1) is 0 Å². The molecule has 8 nitrogen and oxygen atoms in total. The van der Waals surface area contributed by atoms with Crippen molar-refractivity contribution in [3.8, 4) is 17.2 Å². The van der Waals surface area contributed by atoms with Crippen LogP contribution in [0.15, 0.2) is 77.9 Å². The van der Waals surface area contributed by atoms with Crippen molar-refractivity contribution in [1.82, 2.24) is 16.3 Å². The van der Waals surface area contributed by atoms with Gasteiger partial charge in [0.1, 0.15) is 29.9 Å². The second-order valence-electron chi connectivity index (χ2n) is 7.81. The van der Waals surface area contributed by atoms with Crippen molar-refractivity contribution in [2.75, 3.05) is 14.2 Å². The zero-order chi connectivity index (χ0) is 23.8. The van der Waals surface area contributed by atoms with Crippen molar-refractivity contribution in [2.24, 2.45) is 5.10 Å². The van der Waals surface area contributed by atoms with Gasteiger partial charge in [-0.3, -0.25) is 4.79 Å². The summed E-state index contributed by atoms with van der Waals surface area (Å²) in [5, 5.41) is 4.08. The molecule has 3 aromatic carbocycles. The molecule has 34 heavy (non-hydrogen) atoms. The van der Waals surface area contributed by atoms with E-state index in [0.29, 0.717) is 30.1 Å². The van der Waals surface area contributed by atoms with E-state index in [1.54, 1.807) is 32.4 Å². The van der Waals surface area contributed by atoms with Crippen LogP contribution in [0.2, 0.25) is 0 Å². The van der Waals surface area contributed by atoms with Crippen LogP contribution in [0, 0.1) is 0 Å². The molecule has 1 amide bonds. The molecule has 8 heteroatoms. The first-order valence-electron chi connectivity index (χ1n) is 11.0. The van der Waals surface area contributed by atoms with Crippen molar-refractivity contribution in [3.63, 3.8) is 0 Å². The number of hydrogen-bond acceptors (Lipinski definition) is 7. The summed E-state index contributed by atoms with van der Waals surface area (Å²) in [6.45, 7) is 0.522. The fraction of sp³-hybridized carbons (Fsp3) is 0.231. The molecule has 0 spiro atoms. The molecule has 1 aliphatic rings. The predicted octanol–water partition coefficient (Wildman–Crippen LogP) is 3.34. The lowest BCUT2D eigenvalue weighted by molar-refractivity contribution is -0.122. The molecule has 176 valence electrons. The summed E-state index contributed by atoms with van der Waals surface area (Å²) in [5.41, 5.74) is 11.7. The number of carbonyl (C=O) groups excluding carboxylic acids is 1. The van der Waals surface area contributed by atoms with E-state index in [2.05, 4.69) is 21.4 Å². The highest BCUT2D eigenvalue weighted by Crippen LogP contribution is 2.25. The molecular weight excluding hydrogens is 432 g/mol. The molecule has 2 atom stereocenters. The van der Waals surface area contributed by atoms with E-state index >= 15 is 0 Å². The fourth-order valence-electron chi connectivity index (χ4n) is 3.67. The average Bonchev–Trinajstić information content (AvgIpc) is 3.39. The van der Waals surface area contributed by atoms with Crippen LogP contribution in [0.4, 0.5) is 0 Å². The number of benzene rings is 3. The van der Waals surface area contributed by atoms with E-state index in [-0.39, 0.29) is 11.9 Å². The second kappa shape index (κ2) is 11.3. The van der Waals surface area contributed by atoms with E-state index in [1.807, 2.05) is 54.6 Å². The lowest BCUT2D eigenvalue weighted by Gasteiger charge is -2.11. The van der Waals surface area contributed by atoms with Gasteiger partial charge in [-0.2, -0.15) is 5.10 Å². The summed E-state index contributed by atoms with van der Waals surface area (Å²) in [7, 11) is 3.17. The zero-order valence-corrected chi connectivity index (χ0v) is 19.2. The normalized spacial score (nSPS) is 17.5. The summed E-state index contributed by atoms with van der Waals surface area (Å²) in [6, 6.07) is 22.9. The number of nitrogens with one attached hydrogen (secondary N) is 3. The highest BCUT2D eigenvalue weighted by molar-refractivity contribution is 5.87. The van der Waals surface area contributed by atoms with Crippen molar-refractivity contribution in [3.05, 3.63) is 89.5 Å². The maximum atomic E-state index is 12.6. The molecule has 1 fully saturated rings. The minimum Gasteiger partial charge on any atom is -0.497 e. The van der Waals surface area contributed by atoms with Crippen molar-refractivity contribution < 1.29 is 19.0 Å². The second-order valence-corrected chi connectivity index (χ2v) is 7.81. The number of ether oxygens (including phenoxy) is 3. The molecule has 0 saturated carbocycles. The van der Waals surface area contributed by atoms with Gasteiger partial charge in [0.2, 0.25) is 0 Å². The number of nitrogens with zero attached hydrogens (tertiary/aromatic N) is 1. The number of hydrazine groups is 1. The largest absolute Gasteiger partial charge is 0.497 e. The van der Waals surface area contributed by atoms with E-state index in [9.17, 15) is 4.79 Å². The molecule has 2 unspecified atom stereocenters. The van der Waals surface area contributed by atoms with Gasteiger partial charge >= 0.3 is 0 Å². The maximum Gasteiger partial charge on any atom is 0.258 e. The zero-order valence-electron chi connectivity index (χ0n) is 19.2. The fourth-order valence-corrected chi connectivity index (χ4v) is 3.67. The molecule has 0 bridgehead atoms. The Morgan fingerprint density at radius 3 is 2.50 bits per heavy atom. The summed E-state index contributed by atoms with van der Waals surface area (Å²) < 4.78 is 16.4. The summed E-state index contributed by atoms with van der Waals surface area (Å²) >= 11 is 0. The standard InChI is InChI=1S/C26H28N4O4/c1-32-22-12-13-25(33-2)20(14-22)16-27-30-26(31)24-15-23(28-29-24)19-8-10-21(11-9-19)34-17-18-6-4-3-5-7-18/h3-14,16,23-24,28-29H,15,17H2,1-2H3,(H,30,31)/b27-16+. The smallest absolute Gasteiger partial charge is 0.258 e. The first-order valence-corrected chi connectivity index (χ1v) is 11.0. The van der Waals surface area contributed by atoms with Crippen molar-refractivity contribution >= 4 is 12.1 Å². The molecule has 1 aliphatic heterocycles. The Bertz CT molecular complexity index is 1120. The van der Waals surface area contributed by atoms with E-state index in [1.165, 1.54) is 6.21 Å². The van der Waals surface area contributed by atoms with Gasteiger partial charge in [-0.25, -0.2) is 16.3 Å². The van der Waals surface area contributed by atoms with Gasteiger partial charge < -0.3 is 14.2 Å². The summed E-state index contributed by atoms with van der Waals surface area (Å²) in [6.07, 6.45) is 2.13. The Balaban J connectivity index is 1.28. The number of methoxy groups -OCH3 is 2. The van der Waals surface area contributed by atoms with Crippen LogP contribution in [0.25, 0.3) is 0 Å². The predicted molar refractivity (Wildman–Crippen MR) is 130 cm³/mol. The van der Waals surface area contributed by atoms with E-state index in [0.717, 1.165) is 16.9 Å². The van der Waals surface area contributed by atoms with Gasteiger partial charge in [0.15, 0.2) is 0 Å². The third-order valence-corrected chi connectivity index (χ3v) is 5.57. The Kier molecular flexibility index (Phi) is 7.75. The molecular formula is C26H28N4O4. The third kappa shape index (κ3) is 5.92. The Labute approximate surface area is 198 Å².